The molecule has 1 fully saturated rings. The fourth-order valence-corrected chi connectivity index (χ4v) is 6.66. The highest BCUT2D eigenvalue weighted by Gasteiger charge is 2.40. The first kappa shape index (κ1) is 31.7. The Kier molecular flexibility index (Phi) is 9.19. The van der Waals surface area contributed by atoms with Gasteiger partial charge in [0.15, 0.2) is 5.76 Å². The van der Waals surface area contributed by atoms with Gasteiger partial charge in [-0.05, 0) is 63.9 Å². The molecule has 1 saturated carbocycles. The smallest absolute Gasteiger partial charge is 0.309 e. The molecule has 1 N–H and O–H groups in total. The number of hydrogen-bond donors (Lipinski definition) is 1. The van der Waals surface area contributed by atoms with Gasteiger partial charge in [0.1, 0.15) is 45.6 Å². The van der Waals surface area contributed by atoms with Crippen LogP contribution in [0.4, 0.5) is 0 Å². The molecule has 0 spiro atoms. The van der Waals surface area contributed by atoms with Crippen molar-refractivity contribution in [3.8, 4) is 28.1 Å². The topological polar surface area (TPSA) is 130 Å². The first-order chi connectivity index (χ1) is 21.0. The van der Waals surface area contributed by atoms with E-state index in [-0.39, 0.29) is 18.5 Å². The van der Waals surface area contributed by atoms with Crippen molar-refractivity contribution in [2.45, 2.75) is 78.1 Å². The Balaban J connectivity index is 0.00000188. The Morgan fingerprint density at radius 2 is 1.89 bits per heavy atom. The number of nitrogens with zero attached hydrogens (tertiary/aromatic N) is 4. The Morgan fingerprint density at radius 3 is 2.55 bits per heavy atom. The molecule has 236 valence electrons. The van der Waals surface area contributed by atoms with Gasteiger partial charge < -0.3 is 28.5 Å². The molecule has 4 heterocycles. The highest BCUT2D eigenvalue weighted by Crippen LogP contribution is 2.42. The number of hydrogen-bond acceptors (Lipinski definition) is 12. The van der Waals surface area contributed by atoms with Gasteiger partial charge in [-0.3, -0.25) is 4.79 Å². The van der Waals surface area contributed by atoms with E-state index in [4.69, 9.17) is 28.3 Å². The summed E-state index contributed by atoms with van der Waals surface area (Å²) in [7, 11) is 3.16. The van der Waals surface area contributed by atoms with E-state index in [2.05, 4.69) is 10.1 Å². The monoisotopic (exact) mass is 642 g/mol. The van der Waals surface area contributed by atoms with Crippen molar-refractivity contribution in [3.63, 3.8) is 0 Å². The molecule has 6 rings (SSSR count). The van der Waals surface area contributed by atoms with E-state index in [0.29, 0.717) is 75.1 Å². The van der Waals surface area contributed by atoms with Gasteiger partial charge in [-0.1, -0.05) is 13.8 Å². The lowest BCUT2D eigenvalue weighted by Gasteiger charge is -2.34. The van der Waals surface area contributed by atoms with Crippen LogP contribution in [0.3, 0.4) is 0 Å². The molecule has 1 aromatic carbocycles. The van der Waals surface area contributed by atoms with Gasteiger partial charge in [0.25, 0.3) is 5.19 Å². The fraction of sp³-hybridized carbons (Fsp3) is 0.484. The Bertz CT molecular complexity index is 1710. The van der Waals surface area contributed by atoms with Gasteiger partial charge in [0.05, 0.1) is 37.4 Å². The fourth-order valence-electron chi connectivity index (χ4n) is 5.00. The molecule has 1 aliphatic rings. The van der Waals surface area contributed by atoms with Crippen LogP contribution in [-0.2, 0) is 21.7 Å². The van der Waals surface area contributed by atoms with Crippen molar-refractivity contribution in [1.82, 2.24) is 19.6 Å². The second-order valence-electron chi connectivity index (χ2n) is 11.3. The van der Waals surface area contributed by atoms with Gasteiger partial charge in [-0.25, -0.2) is 14.5 Å². The highest BCUT2D eigenvalue weighted by atomic mass is 32.1. The van der Waals surface area contributed by atoms with Crippen molar-refractivity contribution in [1.29, 1.82) is 0 Å². The maximum Gasteiger partial charge on any atom is 0.309 e. The van der Waals surface area contributed by atoms with E-state index in [1.54, 1.807) is 37.1 Å². The number of fused-ring (bicyclic) bond motifs is 2. The second-order valence-corrected chi connectivity index (χ2v) is 13.1. The number of furan rings is 1. The van der Waals surface area contributed by atoms with Gasteiger partial charge >= 0.3 is 5.97 Å². The maximum atomic E-state index is 12.5. The summed E-state index contributed by atoms with van der Waals surface area (Å²) in [5.74, 6) is 1.33. The van der Waals surface area contributed by atoms with Crippen molar-refractivity contribution in [2.24, 2.45) is 5.92 Å². The number of methoxy groups -OCH3 is 2. The molecule has 0 saturated heterocycles. The summed E-state index contributed by atoms with van der Waals surface area (Å²) in [6, 6.07) is 5.49. The number of imidazole rings is 1. The minimum atomic E-state index is -1.07. The van der Waals surface area contributed by atoms with Crippen LogP contribution in [0.15, 0.2) is 34.2 Å². The number of benzene rings is 1. The van der Waals surface area contributed by atoms with Crippen LogP contribution in [0, 0.1) is 5.92 Å². The number of esters is 1. The number of aromatic nitrogens is 4. The molecule has 4 aromatic heterocycles. The van der Waals surface area contributed by atoms with Gasteiger partial charge in [0.2, 0.25) is 4.96 Å². The van der Waals surface area contributed by atoms with Gasteiger partial charge in [-0.15, -0.1) is 16.4 Å². The minimum Gasteiger partial charge on any atom is -0.496 e. The zero-order valence-corrected chi connectivity index (χ0v) is 27.6. The highest BCUT2D eigenvalue weighted by molar-refractivity contribution is 7.18. The summed E-state index contributed by atoms with van der Waals surface area (Å²) in [4.78, 5) is 22.5. The number of carbonyl (C=O) groups excluding carboxylic acids is 1. The number of thiazole rings is 1. The summed E-state index contributed by atoms with van der Waals surface area (Å²) < 4.78 is 30.2. The summed E-state index contributed by atoms with van der Waals surface area (Å²) in [6.45, 7) is 9.79. The van der Waals surface area contributed by atoms with Crippen LogP contribution in [0.1, 0.15) is 71.0 Å². The Morgan fingerprint density at radius 1 is 1.14 bits per heavy atom. The predicted molar refractivity (Wildman–Crippen MR) is 169 cm³/mol. The predicted octanol–water partition coefficient (Wildman–Crippen LogP) is 7.00. The van der Waals surface area contributed by atoms with Crippen molar-refractivity contribution in [2.75, 3.05) is 14.2 Å². The summed E-state index contributed by atoms with van der Waals surface area (Å²) in [5.41, 5.74) is 0.338. The van der Waals surface area contributed by atoms with Crippen molar-refractivity contribution >= 4 is 44.6 Å². The lowest BCUT2D eigenvalue weighted by Crippen LogP contribution is -2.36. The van der Waals surface area contributed by atoms with E-state index in [0.717, 1.165) is 5.39 Å². The molecule has 11 nitrogen and oxygen atoms in total. The van der Waals surface area contributed by atoms with Crippen LogP contribution in [0.5, 0.6) is 16.7 Å². The molecule has 0 aliphatic heterocycles. The first-order valence-electron chi connectivity index (χ1n) is 14.6. The van der Waals surface area contributed by atoms with Crippen LogP contribution < -0.4 is 14.2 Å². The number of carbonyl (C=O) groups is 1. The standard InChI is InChI=1S/C29H32N4O7S2.C2H6/c1-28(2,3)40-24(34)16-6-8-29(35,9-7-16)25-30-17(15-41-25)14-38-21-10-18(36-4)11-22-19(21)12-23(39-22)20-13-33-26(31-20)42-27(32-33)37-5;1-2/h10-13,15-16,35H,6-9,14H2,1-5H3;1-2H3. The zero-order valence-electron chi connectivity index (χ0n) is 26.0. The third-order valence-electron chi connectivity index (χ3n) is 7.14. The summed E-state index contributed by atoms with van der Waals surface area (Å²) >= 11 is 2.74. The normalized spacial score (nSPS) is 18.6. The van der Waals surface area contributed by atoms with E-state index in [1.807, 2.05) is 46.1 Å². The van der Waals surface area contributed by atoms with Crippen LogP contribution in [-0.4, -0.2) is 50.5 Å². The van der Waals surface area contributed by atoms with E-state index >= 15 is 0 Å². The third-order valence-corrected chi connectivity index (χ3v) is 9.11. The number of aliphatic hydroxyl groups is 1. The average molecular weight is 643 g/mol. The van der Waals surface area contributed by atoms with E-state index in [9.17, 15) is 9.90 Å². The molecule has 5 aromatic rings. The molecule has 1 aliphatic carbocycles. The SMILES string of the molecule is CC.COc1cc(OCc2csc(C3(O)CCC(C(=O)OC(C)(C)C)CC3)n2)c2cc(-c3cn4nc(OC)sc4n3)oc2c1. The van der Waals surface area contributed by atoms with Crippen LogP contribution in [0.25, 0.3) is 27.4 Å². The maximum absolute atomic E-state index is 12.5. The number of rotatable bonds is 8. The molecule has 0 radical (unpaired) electrons. The van der Waals surface area contributed by atoms with E-state index < -0.39 is 11.2 Å². The molecular weight excluding hydrogens is 604 g/mol. The Labute approximate surface area is 263 Å². The average Bonchev–Trinajstić information content (AvgIpc) is 3.79. The van der Waals surface area contributed by atoms with Crippen molar-refractivity contribution < 1.29 is 33.3 Å². The number of ether oxygens (including phenoxy) is 4. The zero-order chi connectivity index (χ0) is 31.6. The van der Waals surface area contributed by atoms with Gasteiger partial charge in [-0.2, -0.15) is 0 Å². The molecule has 0 atom stereocenters. The Hall–Kier alpha value is -3.68. The largest absolute Gasteiger partial charge is 0.496 e. The van der Waals surface area contributed by atoms with Crippen LogP contribution in [0.2, 0.25) is 0 Å². The lowest BCUT2D eigenvalue weighted by molar-refractivity contribution is -0.163. The first-order valence-corrected chi connectivity index (χ1v) is 16.3. The van der Waals surface area contributed by atoms with E-state index in [1.165, 1.54) is 22.7 Å². The minimum absolute atomic E-state index is 0.194. The molecular formula is C31H38N4O7S2. The lowest BCUT2D eigenvalue weighted by atomic mass is 9.79. The molecule has 0 unspecified atom stereocenters. The third kappa shape index (κ3) is 6.69. The second kappa shape index (κ2) is 12.7. The summed E-state index contributed by atoms with van der Waals surface area (Å²) in [6.07, 6.45) is 3.80. The molecule has 0 amide bonds. The van der Waals surface area contributed by atoms with Gasteiger partial charge in [0, 0.05) is 17.5 Å². The molecule has 0 bridgehead atoms. The summed E-state index contributed by atoms with van der Waals surface area (Å²) in [5, 5.41) is 19.5. The molecule has 13 heteroatoms. The van der Waals surface area contributed by atoms with Crippen LogP contribution >= 0.6 is 22.7 Å². The van der Waals surface area contributed by atoms with Crippen molar-refractivity contribution in [3.05, 3.63) is 40.5 Å². The molecule has 44 heavy (non-hydrogen) atoms. The quantitative estimate of drug-likeness (QED) is 0.177.